The third-order valence-electron chi connectivity index (χ3n) is 19.8. The Hall–Kier alpha value is -16.4. The summed E-state index contributed by atoms with van der Waals surface area (Å²) in [6, 6.07) is -77.3. The third-order valence-corrected chi connectivity index (χ3v) is 19.8. The molecule has 0 heterocycles. The maximum atomic E-state index is 9.77. The Bertz CT molecular complexity index is 13500. The molecule has 25 rings (SSSR count). The van der Waals surface area contributed by atoms with Gasteiger partial charge in [0.1, 0.15) is 0 Å². The van der Waals surface area contributed by atoms with Crippen molar-refractivity contribution < 1.29 is 112 Å². The molecule has 0 saturated carbocycles. The number of hydrogen-bond donors (Lipinski definition) is 0. The van der Waals surface area contributed by atoms with Crippen molar-refractivity contribution in [3.05, 3.63) is 495 Å². The van der Waals surface area contributed by atoms with Crippen LogP contribution in [-0.4, -0.2) is 0 Å². The highest BCUT2D eigenvalue weighted by atomic mass is 14.3. The van der Waals surface area contributed by atoms with Gasteiger partial charge in [0.15, 0.2) is 0 Å². The molecule has 0 aliphatic rings. The molecule has 586 valence electrons. The molecule has 0 amide bonds. The van der Waals surface area contributed by atoms with Crippen molar-refractivity contribution in [1.29, 1.82) is 0 Å². The Morgan fingerprint density at radius 1 is 0.0952 bits per heavy atom. The average Bonchev–Trinajstić information content (AvgIpc) is 0.686. The summed E-state index contributed by atoms with van der Waals surface area (Å²) in [6.07, 6.45) is 0. The van der Waals surface area contributed by atoms with Crippen LogP contribution in [0.2, 0.25) is 0 Å². The maximum absolute atomic E-state index is 9.77. The summed E-state index contributed by atoms with van der Waals surface area (Å²) in [7, 11) is 0. The number of fused-ring (bicyclic) bond motifs is 13. The van der Waals surface area contributed by atoms with Gasteiger partial charge in [0.05, 0.1) is 112 Å². The van der Waals surface area contributed by atoms with Crippen molar-refractivity contribution in [2.45, 2.75) is 0 Å². The van der Waals surface area contributed by atoms with Crippen LogP contribution in [0.15, 0.2) is 495 Å². The first-order valence-electron chi connectivity index (χ1n) is 78.0. The van der Waals surface area contributed by atoms with Gasteiger partial charge in [-0.2, -0.15) is 0 Å². The fraction of sp³-hybridized carbons (Fsp3) is 0. The lowest BCUT2D eigenvalue weighted by Gasteiger charge is -2.20. The Morgan fingerprint density at radius 2 is 0.317 bits per heavy atom. The van der Waals surface area contributed by atoms with Crippen molar-refractivity contribution in [2.24, 2.45) is 0 Å². The lowest BCUT2D eigenvalue weighted by atomic mass is 9.83. The van der Waals surface area contributed by atoms with E-state index in [-0.39, 0.29) is 0 Å². The molecule has 0 aliphatic carbocycles. The van der Waals surface area contributed by atoms with Gasteiger partial charge in [-0.25, -0.2) is 0 Å². The molecule has 0 nitrogen and oxygen atoms in total. The van der Waals surface area contributed by atoms with Gasteiger partial charge in [-0.15, -0.1) is 0 Å². The maximum Gasteiger partial charge on any atom is 0.0636 e. The minimum Gasteiger partial charge on any atom is -0.0622 e. The summed E-state index contributed by atoms with van der Waals surface area (Å²) < 4.78 is 729. The summed E-state index contributed by atoms with van der Waals surface area (Å²) in [6.45, 7) is 0. The standard InChI is InChI=1S/C46H30.C44H28.C36H24/c1-2-11-31(12-3-1)35-25-26-37-30-38(28-27-36(37)29-35)46-43-18-8-6-16-41(43)45(42-17-7-9-19-44(42)46)34-23-21-33(22-24-34)40-20-10-14-32-13-4-5-15-39(32)40;1-2-12-29(13-3-1)30-22-23-32-27-34(25-24-31(32)26-30)43-38-18-8-10-20-40(38)44(41-21-11-9-19-39(41)43)42-28-33-14-4-5-15-35(33)36-16-6-7-17-37(36)42;1-3-11-25(12-4-1)27-19-20-29-24-30(22-21-28(29)23-27)36-33-17-9-7-15-31(33)35(26-13-5-2-6-14-26)32-16-8-10-18-34(32)36/h1-30H;1-28H;1-24H/i1D,2D,3D,4D,5D,6D,7D,8D,9D,10D,11D,12D,13D,14D,15D,16D,17D,18D,19D,20D,21D,22D,23D,24D,25D,26D,27D,28D,29D,30D;1D,2D,3D,4D,5D,6D,7D,8D,9D,10D,11D,12D,13D,14D,15D,16D,17D,18D,19D,20D,21D,22D,23D,24D,25D,26D,27D,28D;1D,2D,3D,4D,5D,6D,7D,8D,9D,10D,11D,12D,13D,14D,15D,16D,17D,18D,19D,20D,21D,22D,23D,24D. The molecule has 25 aromatic carbocycles. The topological polar surface area (TPSA) is 0 Å². The van der Waals surface area contributed by atoms with Gasteiger partial charge in [0.25, 0.3) is 0 Å². The smallest absolute Gasteiger partial charge is 0.0622 e. The lowest BCUT2D eigenvalue weighted by molar-refractivity contribution is 1.63. The van der Waals surface area contributed by atoms with E-state index in [0.29, 0.717) is 0 Å². The fourth-order valence-corrected chi connectivity index (χ4v) is 14.5. The predicted octanol–water partition coefficient (Wildman–Crippen LogP) is 35.6. The van der Waals surface area contributed by atoms with Crippen LogP contribution in [0, 0.1) is 0 Å². The van der Waals surface area contributed by atoms with Crippen LogP contribution in [0.1, 0.15) is 112 Å². The third kappa shape index (κ3) is 13.5. The average molecular weight is 1680 g/mol. The van der Waals surface area contributed by atoms with Gasteiger partial charge >= 0.3 is 0 Å². The highest BCUT2D eigenvalue weighted by Crippen LogP contribution is 2.51. The van der Waals surface area contributed by atoms with Crippen molar-refractivity contribution in [2.75, 3.05) is 0 Å². The van der Waals surface area contributed by atoms with E-state index in [0.717, 1.165) is 0 Å². The van der Waals surface area contributed by atoms with Crippen LogP contribution in [-0.2, 0) is 0 Å². The van der Waals surface area contributed by atoms with Gasteiger partial charge in [0, 0.05) is 0 Å². The van der Waals surface area contributed by atoms with E-state index >= 15 is 0 Å². The van der Waals surface area contributed by atoms with Gasteiger partial charge in [-0.1, -0.05) is 453 Å². The monoisotopic (exact) mass is 1680 g/mol. The largest absolute Gasteiger partial charge is 0.0636 e. The van der Waals surface area contributed by atoms with Crippen molar-refractivity contribution in [1.82, 2.24) is 0 Å². The molecule has 126 heavy (non-hydrogen) atoms. The summed E-state index contributed by atoms with van der Waals surface area (Å²) in [5, 5.41) is -16.8. The van der Waals surface area contributed by atoms with E-state index in [4.69, 9.17) is 75.4 Å². The predicted molar refractivity (Wildman–Crippen MR) is 544 cm³/mol. The van der Waals surface area contributed by atoms with Crippen LogP contribution in [0.3, 0.4) is 0 Å². The number of rotatable bonds is 10. The second kappa shape index (κ2) is 32.2. The van der Waals surface area contributed by atoms with Crippen LogP contribution in [0.25, 0.3) is 241 Å². The molecule has 0 aromatic heterocycles. The highest BCUT2D eigenvalue weighted by molar-refractivity contribution is 6.28. The first-order valence-corrected chi connectivity index (χ1v) is 37.0. The molecule has 0 saturated heterocycles. The molecule has 25 aromatic rings. The lowest BCUT2D eigenvalue weighted by Crippen LogP contribution is -1.92. The van der Waals surface area contributed by atoms with Gasteiger partial charge in [-0.05, 0) is 283 Å². The summed E-state index contributed by atoms with van der Waals surface area (Å²) in [4.78, 5) is 0. The molecular formula is C126H82. The summed E-state index contributed by atoms with van der Waals surface area (Å²) in [5.41, 5.74) is -15.0. The zero-order valence-electron chi connectivity index (χ0n) is 145. The van der Waals surface area contributed by atoms with Crippen LogP contribution in [0.4, 0.5) is 0 Å². The first-order chi connectivity index (χ1) is 96.7. The van der Waals surface area contributed by atoms with E-state index in [2.05, 4.69) is 0 Å². The van der Waals surface area contributed by atoms with Crippen molar-refractivity contribution >= 4 is 129 Å². The van der Waals surface area contributed by atoms with E-state index in [1.807, 2.05) is 0 Å². The molecule has 0 unspecified atom stereocenters. The van der Waals surface area contributed by atoms with Gasteiger partial charge in [0.2, 0.25) is 0 Å². The van der Waals surface area contributed by atoms with E-state index in [1.54, 1.807) is 0 Å². The Labute approximate surface area is 848 Å². The quantitative estimate of drug-likeness (QED) is 0.0946. The fourth-order valence-electron chi connectivity index (χ4n) is 14.5. The molecule has 0 N–H and O–H groups in total. The van der Waals surface area contributed by atoms with E-state index < -0.39 is 736 Å². The number of hydrogen-bond acceptors (Lipinski definition) is 0. The minimum atomic E-state index is -1.12. The highest BCUT2D eigenvalue weighted by Gasteiger charge is 2.23. The Balaban J connectivity index is 0.000000160. The molecule has 0 atom stereocenters. The van der Waals surface area contributed by atoms with E-state index in [9.17, 15) is 37.0 Å². The molecule has 0 bridgehead atoms. The zero-order chi connectivity index (χ0) is 155. The van der Waals surface area contributed by atoms with Crippen LogP contribution in [0.5, 0.6) is 0 Å². The normalized spacial score (nSPS) is 20.6. The van der Waals surface area contributed by atoms with Crippen LogP contribution < -0.4 is 0 Å². The van der Waals surface area contributed by atoms with Gasteiger partial charge in [-0.3, -0.25) is 0 Å². The molecule has 0 fully saturated rings. The minimum absolute atomic E-state index is 0.550. The van der Waals surface area contributed by atoms with Crippen LogP contribution >= 0.6 is 0 Å². The van der Waals surface area contributed by atoms with Crippen molar-refractivity contribution in [3.63, 3.8) is 0 Å². The van der Waals surface area contributed by atoms with Crippen molar-refractivity contribution in [3.8, 4) is 111 Å². The molecule has 0 heteroatoms. The zero-order valence-corrected chi connectivity index (χ0v) is 63.0. The Morgan fingerprint density at radius 3 is 0.667 bits per heavy atom. The Kier molecular flexibility index (Phi) is 7.25. The number of benzene rings is 25. The van der Waals surface area contributed by atoms with E-state index in [1.165, 1.54) is 0 Å². The SMILES string of the molecule is [2H]c1c([2H])c([2H])c(-c2c([2H])c([2H])c3c([2H])c(-c4c5c([2H])c([2H])c([2H])c([2H])c5c(-c5c([2H])c([2H])c(-c6c([2H])c([2H])c([2H])c7c([2H])c([2H])c([2H])c([2H])c67)c([2H])c5[2H])c5c([2H])c([2H])c([2H])c([2H])c45)c([2H])c([2H])c3c2[2H])c([2H])c1[2H].[2H]c1c([2H])c([2H])c(-c2c([2H])c([2H])c3c([2H])c(-c4c5c([2H])c([2H])c([2H])c([2H])c5c(-c5c([2H])c([2H])c([2H])c([2H])c5[2H])c5c([2H])c([2H])c([2H])c([2H])c45)c([2H])c([2H])c3c2[2H])c([2H])c1[2H].[2H]c1c([2H])c([2H])c(-c2c([2H])c([2H])c3c([2H])c(-c4c5c([2H])c([2H])c([2H])c([2H])c5c(-c5c([2H])c6c([2H])c([2H])c([2H])c([2H])c6c6c([2H])c([2H])c([2H])c([2H])c56)c5c([2H])c([2H])c([2H])c([2H])c45)c([2H])c([2H])c3c2[2H])c([2H])c1[2H]. The van der Waals surface area contributed by atoms with Gasteiger partial charge < -0.3 is 0 Å². The molecular weight excluding hydrogens is 1510 g/mol. The molecule has 0 spiro atoms. The first kappa shape index (κ1) is 28.3. The molecule has 0 aliphatic heterocycles. The molecule has 0 radical (unpaired) electrons. The summed E-state index contributed by atoms with van der Waals surface area (Å²) >= 11 is 0. The summed E-state index contributed by atoms with van der Waals surface area (Å²) in [5.74, 6) is 0. The second-order valence-electron chi connectivity index (χ2n) is 26.8. The second-order valence-corrected chi connectivity index (χ2v) is 26.8.